The van der Waals surface area contributed by atoms with Crippen molar-refractivity contribution in [2.45, 2.75) is 17.7 Å². The van der Waals surface area contributed by atoms with Crippen LogP contribution in [0.3, 0.4) is 0 Å². The molecule has 0 radical (unpaired) electrons. The summed E-state index contributed by atoms with van der Waals surface area (Å²) in [5.74, 6) is 2.55. The third kappa shape index (κ3) is 3.06. The molecule has 2 aromatic carbocycles. The van der Waals surface area contributed by atoms with Crippen LogP contribution in [0.4, 0.5) is 5.69 Å². The van der Waals surface area contributed by atoms with Gasteiger partial charge in [-0.05, 0) is 42.3 Å². The number of nitrogens with zero attached hydrogens (tertiary/aromatic N) is 1. The van der Waals surface area contributed by atoms with Gasteiger partial charge in [-0.25, -0.2) is 0 Å². The summed E-state index contributed by atoms with van der Waals surface area (Å²) in [5.41, 5.74) is 2.00. The molecule has 1 amide bonds. The van der Waals surface area contributed by atoms with E-state index in [-0.39, 0.29) is 12.7 Å². The largest absolute Gasteiger partial charge is 0.454 e. The second-order valence-electron chi connectivity index (χ2n) is 5.69. The van der Waals surface area contributed by atoms with E-state index in [0.29, 0.717) is 17.9 Å². The van der Waals surface area contributed by atoms with Crippen molar-refractivity contribution in [3.8, 4) is 11.5 Å². The summed E-state index contributed by atoms with van der Waals surface area (Å²) in [5, 5.41) is 0.657. The minimum atomic E-state index is 0.122. The van der Waals surface area contributed by atoms with E-state index in [9.17, 15) is 4.79 Å². The number of rotatable bonds is 3. The number of anilines is 1. The van der Waals surface area contributed by atoms with Gasteiger partial charge in [-0.3, -0.25) is 4.79 Å². The van der Waals surface area contributed by atoms with Crippen molar-refractivity contribution in [2.24, 2.45) is 0 Å². The van der Waals surface area contributed by atoms with Crippen LogP contribution in [0.15, 0.2) is 41.3 Å². The van der Waals surface area contributed by atoms with Crippen molar-refractivity contribution in [3.63, 3.8) is 0 Å². The van der Waals surface area contributed by atoms with Crippen molar-refractivity contribution >= 4 is 35.0 Å². The molecule has 0 unspecified atom stereocenters. The van der Waals surface area contributed by atoms with E-state index in [0.717, 1.165) is 39.9 Å². The lowest BCUT2D eigenvalue weighted by atomic mass is 10.1. The molecule has 24 heavy (non-hydrogen) atoms. The van der Waals surface area contributed by atoms with Crippen LogP contribution in [-0.2, 0) is 11.2 Å². The van der Waals surface area contributed by atoms with Gasteiger partial charge in [-0.2, -0.15) is 0 Å². The van der Waals surface area contributed by atoms with E-state index >= 15 is 0 Å². The number of thioether (sulfide) groups is 1. The van der Waals surface area contributed by atoms with Gasteiger partial charge in [0.05, 0.1) is 5.69 Å². The van der Waals surface area contributed by atoms with Crippen LogP contribution in [0.25, 0.3) is 0 Å². The van der Waals surface area contributed by atoms with E-state index in [4.69, 9.17) is 21.1 Å². The highest BCUT2D eigenvalue weighted by molar-refractivity contribution is 7.99. The number of carbonyl (C=O) groups excluding carboxylic acids is 1. The maximum atomic E-state index is 12.7. The third-order valence-corrected chi connectivity index (χ3v) is 5.43. The zero-order valence-corrected chi connectivity index (χ0v) is 14.5. The zero-order valence-electron chi connectivity index (χ0n) is 13.0. The van der Waals surface area contributed by atoms with Gasteiger partial charge in [-0.1, -0.05) is 17.7 Å². The Labute approximate surface area is 149 Å². The molecule has 124 valence electrons. The van der Waals surface area contributed by atoms with Gasteiger partial charge in [-0.15, -0.1) is 11.8 Å². The average molecular weight is 362 g/mol. The summed E-state index contributed by atoms with van der Waals surface area (Å²) in [6, 6.07) is 11.6. The second kappa shape index (κ2) is 6.57. The van der Waals surface area contributed by atoms with Crippen molar-refractivity contribution in [2.75, 3.05) is 24.0 Å². The van der Waals surface area contributed by atoms with Crippen LogP contribution in [0, 0.1) is 0 Å². The number of fused-ring (bicyclic) bond motifs is 2. The fourth-order valence-electron chi connectivity index (χ4n) is 2.93. The van der Waals surface area contributed by atoms with Crippen molar-refractivity contribution < 1.29 is 14.3 Å². The lowest BCUT2D eigenvalue weighted by Crippen LogP contribution is -2.35. The number of halogens is 1. The highest BCUT2D eigenvalue weighted by Gasteiger charge is 2.23. The summed E-state index contributed by atoms with van der Waals surface area (Å²) in [6.07, 6.45) is 1.13. The Balaban J connectivity index is 1.46. The lowest BCUT2D eigenvalue weighted by Gasteiger charge is -2.29. The normalized spacial score (nSPS) is 15.3. The first-order chi connectivity index (χ1) is 11.7. The SMILES string of the molecule is O=C(CCc1ccc2c(c1)OCO2)N1CCSc2ccc(Cl)cc21. The molecule has 0 bridgehead atoms. The number of ether oxygens (including phenoxy) is 2. The third-order valence-electron chi connectivity index (χ3n) is 4.15. The van der Waals surface area contributed by atoms with Crippen LogP contribution >= 0.6 is 23.4 Å². The minimum Gasteiger partial charge on any atom is -0.454 e. The summed E-state index contributed by atoms with van der Waals surface area (Å²) in [7, 11) is 0. The highest BCUT2D eigenvalue weighted by atomic mass is 35.5. The molecule has 0 spiro atoms. The topological polar surface area (TPSA) is 38.8 Å². The summed E-state index contributed by atoms with van der Waals surface area (Å²) < 4.78 is 10.7. The van der Waals surface area contributed by atoms with Crippen LogP contribution < -0.4 is 14.4 Å². The maximum Gasteiger partial charge on any atom is 0.231 e. The van der Waals surface area contributed by atoms with Gasteiger partial charge in [0.1, 0.15) is 0 Å². The maximum absolute atomic E-state index is 12.7. The molecular weight excluding hydrogens is 346 g/mol. The van der Waals surface area contributed by atoms with Crippen LogP contribution in [0.2, 0.25) is 5.02 Å². The Morgan fingerprint density at radius 1 is 1.17 bits per heavy atom. The molecule has 6 heteroatoms. The molecule has 0 saturated heterocycles. The summed E-state index contributed by atoms with van der Waals surface area (Å²) in [4.78, 5) is 15.7. The molecule has 2 aromatic rings. The van der Waals surface area contributed by atoms with Gasteiger partial charge in [0, 0.05) is 28.6 Å². The predicted octanol–water partition coefficient (Wildman–Crippen LogP) is 4.14. The molecule has 0 N–H and O–H groups in total. The molecule has 0 aliphatic carbocycles. The first kappa shape index (κ1) is 15.7. The molecule has 0 saturated carbocycles. The first-order valence-corrected chi connectivity index (χ1v) is 9.18. The van der Waals surface area contributed by atoms with E-state index in [1.807, 2.05) is 41.3 Å². The van der Waals surface area contributed by atoms with Crippen molar-refractivity contribution in [1.82, 2.24) is 0 Å². The van der Waals surface area contributed by atoms with Crippen molar-refractivity contribution in [3.05, 3.63) is 47.0 Å². The number of benzene rings is 2. The standard InChI is InChI=1S/C18H16ClNO3S/c19-13-3-5-17-14(10-13)20(7-8-24-17)18(21)6-2-12-1-4-15-16(9-12)23-11-22-15/h1,3-5,9-10H,2,6-8,11H2. The Morgan fingerprint density at radius 2 is 2.04 bits per heavy atom. The molecule has 0 fully saturated rings. The number of aryl methyl sites for hydroxylation is 1. The smallest absolute Gasteiger partial charge is 0.231 e. The minimum absolute atomic E-state index is 0.122. The second-order valence-corrected chi connectivity index (χ2v) is 7.27. The summed E-state index contributed by atoms with van der Waals surface area (Å²) >= 11 is 7.86. The predicted molar refractivity (Wildman–Crippen MR) is 95.4 cm³/mol. The van der Waals surface area contributed by atoms with E-state index in [1.165, 1.54) is 0 Å². The van der Waals surface area contributed by atoms with E-state index in [2.05, 4.69) is 0 Å². The van der Waals surface area contributed by atoms with E-state index < -0.39 is 0 Å². The lowest BCUT2D eigenvalue weighted by molar-refractivity contribution is -0.118. The van der Waals surface area contributed by atoms with E-state index in [1.54, 1.807) is 11.8 Å². The van der Waals surface area contributed by atoms with Gasteiger partial charge >= 0.3 is 0 Å². The zero-order chi connectivity index (χ0) is 16.5. The number of carbonyl (C=O) groups is 1. The number of hydrogen-bond donors (Lipinski definition) is 0. The fraction of sp³-hybridized carbons (Fsp3) is 0.278. The molecule has 2 heterocycles. The Bertz CT molecular complexity index is 796. The Kier molecular flexibility index (Phi) is 4.29. The van der Waals surface area contributed by atoms with Crippen LogP contribution in [0.5, 0.6) is 11.5 Å². The Hall–Kier alpha value is -1.85. The Morgan fingerprint density at radius 3 is 2.96 bits per heavy atom. The van der Waals surface area contributed by atoms with Gasteiger partial charge in [0.15, 0.2) is 11.5 Å². The molecule has 2 aliphatic rings. The van der Waals surface area contributed by atoms with Crippen molar-refractivity contribution in [1.29, 1.82) is 0 Å². The fourth-order valence-corrected chi connectivity index (χ4v) is 4.07. The quantitative estimate of drug-likeness (QED) is 0.823. The number of amides is 1. The van der Waals surface area contributed by atoms with Gasteiger partial charge < -0.3 is 14.4 Å². The van der Waals surface area contributed by atoms with Crippen LogP contribution in [0.1, 0.15) is 12.0 Å². The molecule has 0 atom stereocenters. The molecule has 4 nitrogen and oxygen atoms in total. The van der Waals surface area contributed by atoms with Gasteiger partial charge in [0.25, 0.3) is 0 Å². The molecule has 4 rings (SSSR count). The first-order valence-electron chi connectivity index (χ1n) is 7.82. The molecular formula is C18H16ClNO3S. The highest BCUT2D eigenvalue weighted by Crippen LogP contribution is 2.37. The average Bonchev–Trinajstić information content (AvgIpc) is 3.06. The van der Waals surface area contributed by atoms with Crippen LogP contribution in [-0.4, -0.2) is 25.0 Å². The van der Waals surface area contributed by atoms with Gasteiger partial charge in [0.2, 0.25) is 12.7 Å². The molecule has 0 aromatic heterocycles. The summed E-state index contributed by atoms with van der Waals surface area (Å²) in [6.45, 7) is 0.985. The molecule has 2 aliphatic heterocycles. The number of hydrogen-bond acceptors (Lipinski definition) is 4. The monoisotopic (exact) mass is 361 g/mol.